The largest absolute Gasteiger partial charge is 0.395 e. The van der Waals surface area contributed by atoms with Crippen molar-refractivity contribution in [2.45, 2.75) is 33.4 Å². The third kappa shape index (κ3) is 2.90. The summed E-state index contributed by atoms with van der Waals surface area (Å²) >= 11 is 0. The summed E-state index contributed by atoms with van der Waals surface area (Å²) in [7, 11) is 0. The summed E-state index contributed by atoms with van der Waals surface area (Å²) in [5.41, 5.74) is 1.51. The Morgan fingerprint density at radius 3 is 2.50 bits per heavy atom. The normalized spacial score (nSPS) is 10.9. The van der Waals surface area contributed by atoms with Gasteiger partial charge in [0.15, 0.2) is 0 Å². The highest BCUT2D eigenvalue weighted by Gasteiger charge is 2.13. The van der Waals surface area contributed by atoms with Crippen LogP contribution in [0.2, 0.25) is 0 Å². The molecular weight excluding hydrogens is 206 g/mol. The maximum absolute atomic E-state index is 9.03. The van der Waals surface area contributed by atoms with Gasteiger partial charge in [0.2, 0.25) is 5.95 Å². The average molecular weight is 225 g/mol. The van der Waals surface area contributed by atoms with Crippen molar-refractivity contribution in [1.82, 2.24) is 9.97 Å². The van der Waals surface area contributed by atoms with E-state index in [1.54, 1.807) is 6.20 Å². The number of hydrogen-bond donors (Lipinski definition) is 2. The van der Waals surface area contributed by atoms with Crippen molar-refractivity contribution in [3.05, 3.63) is 17.5 Å². The molecule has 0 spiro atoms. The van der Waals surface area contributed by atoms with Crippen molar-refractivity contribution >= 4 is 5.95 Å². The molecule has 0 aliphatic heterocycles. The first-order valence-corrected chi connectivity index (χ1v) is 5.41. The molecule has 0 saturated heterocycles. The number of nitrogens with zero attached hydrogens (tertiary/aromatic N) is 3. The fraction of sp³-hybridized carbons (Fsp3) is 0.636. The second-order valence-electron chi connectivity index (χ2n) is 3.95. The summed E-state index contributed by atoms with van der Waals surface area (Å²) in [4.78, 5) is 10.4. The number of anilines is 1. The molecule has 1 heterocycles. The Bertz CT molecular complexity index is 342. The minimum Gasteiger partial charge on any atom is -0.395 e. The maximum atomic E-state index is 9.03. The lowest BCUT2D eigenvalue weighted by molar-refractivity contribution is 0.279. The summed E-state index contributed by atoms with van der Waals surface area (Å²) in [6, 6.07) is 0.228. The summed E-state index contributed by atoms with van der Waals surface area (Å²) in [6.45, 7) is 6.42. The predicted octanol–water partition coefficient (Wildman–Crippen LogP) is 0.484. The van der Waals surface area contributed by atoms with E-state index in [0.29, 0.717) is 12.5 Å². The fourth-order valence-corrected chi connectivity index (χ4v) is 1.47. The zero-order valence-corrected chi connectivity index (χ0v) is 10.0. The minimum absolute atomic E-state index is 0.0478. The van der Waals surface area contributed by atoms with Crippen molar-refractivity contribution in [2.24, 2.45) is 0 Å². The lowest BCUT2D eigenvalue weighted by Crippen LogP contribution is -2.35. The number of rotatable bonds is 5. The third-order valence-electron chi connectivity index (χ3n) is 2.46. The van der Waals surface area contributed by atoms with Crippen LogP contribution >= 0.6 is 0 Å². The molecule has 1 aromatic heterocycles. The molecule has 0 unspecified atom stereocenters. The fourth-order valence-electron chi connectivity index (χ4n) is 1.47. The molecular formula is C11H19N3O2. The first kappa shape index (κ1) is 12.9. The van der Waals surface area contributed by atoms with Gasteiger partial charge in [-0.05, 0) is 20.8 Å². The molecule has 0 saturated carbocycles. The zero-order chi connectivity index (χ0) is 12.1. The second-order valence-corrected chi connectivity index (χ2v) is 3.95. The molecule has 5 nitrogen and oxygen atoms in total. The molecule has 0 bridgehead atoms. The zero-order valence-electron chi connectivity index (χ0n) is 10.0. The number of aromatic nitrogens is 2. The lowest BCUT2D eigenvalue weighted by atomic mass is 10.2. The molecule has 0 amide bonds. The Morgan fingerprint density at radius 1 is 1.38 bits per heavy atom. The van der Waals surface area contributed by atoms with E-state index in [2.05, 4.69) is 9.97 Å². The van der Waals surface area contributed by atoms with Crippen LogP contribution in [-0.4, -0.2) is 39.4 Å². The van der Waals surface area contributed by atoms with Gasteiger partial charge < -0.3 is 15.1 Å². The molecule has 2 N–H and O–H groups in total. The van der Waals surface area contributed by atoms with Crippen LogP contribution in [0.5, 0.6) is 0 Å². The van der Waals surface area contributed by atoms with Crippen molar-refractivity contribution in [3.63, 3.8) is 0 Å². The van der Waals surface area contributed by atoms with E-state index in [4.69, 9.17) is 10.2 Å². The van der Waals surface area contributed by atoms with Gasteiger partial charge in [0.05, 0.1) is 13.2 Å². The van der Waals surface area contributed by atoms with Gasteiger partial charge >= 0.3 is 0 Å². The Balaban J connectivity index is 2.97. The predicted molar refractivity (Wildman–Crippen MR) is 62.3 cm³/mol. The molecule has 0 fully saturated rings. The Kier molecular flexibility index (Phi) is 4.64. The summed E-state index contributed by atoms with van der Waals surface area (Å²) in [5.74, 6) is 0.596. The third-order valence-corrected chi connectivity index (χ3v) is 2.46. The molecule has 0 aliphatic carbocycles. The molecule has 0 radical (unpaired) electrons. The average Bonchev–Trinajstić information content (AvgIpc) is 2.25. The maximum Gasteiger partial charge on any atom is 0.225 e. The van der Waals surface area contributed by atoms with Gasteiger partial charge in [0.25, 0.3) is 0 Å². The molecule has 90 valence electrons. The monoisotopic (exact) mass is 225 g/mol. The van der Waals surface area contributed by atoms with E-state index < -0.39 is 0 Å². The van der Waals surface area contributed by atoms with Crippen LogP contribution in [0.1, 0.15) is 25.1 Å². The molecule has 5 heteroatoms. The molecule has 0 aromatic carbocycles. The highest BCUT2D eigenvalue weighted by molar-refractivity contribution is 5.33. The minimum atomic E-state index is -0.0478. The van der Waals surface area contributed by atoms with E-state index in [9.17, 15) is 0 Å². The summed E-state index contributed by atoms with van der Waals surface area (Å²) < 4.78 is 0. The second kappa shape index (κ2) is 5.77. The van der Waals surface area contributed by atoms with E-state index >= 15 is 0 Å². The number of aryl methyl sites for hydroxylation is 1. The molecule has 16 heavy (non-hydrogen) atoms. The van der Waals surface area contributed by atoms with E-state index in [1.165, 1.54) is 0 Å². The SMILES string of the molecule is Cc1nc(N(CCO)C(C)C)ncc1CO. The van der Waals surface area contributed by atoms with Gasteiger partial charge in [-0.2, -0.15) is 0 Å². The van der Waals surface area contributed by atoms with Crippen molar-refractivity contribution in [2.75, 3.05) is 18.1 Å². The van der Waals surface area contributed by atoms with Gasteiger partial charge in [0.1, 0.15) is 0 Å². The van der Waals surface area contributed by atoms with Crippen LogP contribution in [-0.2, 0) is 6.61 Å². The van der Waals surface area contributed by atoms with Crippen LogP contribution < -0.4 is 4.90 Å². The number of aliphatic hydroxyl groups excluding tert-OH is 2. The Hall–Kier alpha value is -1.20. The standard InChI is InChI=1S/C11H19N3O2/c1-8(2)14(4-5-15)11-12-6-10(7-16)9(3)13-11/h6,8,15-16H,4-5,7H2,1-3H3. The van der Waals surface area contributed by atoms with E-state index in [-0.39, 0.29) is 19.3 Å². The Morgan fingerprint density at radius 2 is 2.06 bits per heavy atom. The smallest absolute Gasteiger partial charge is 0.225 e. The van der Waals surface area contributed by atoms with Crippen molar-refractivity contribution in [3.8, 4) is 0 Å². The van der Waals surface area contributed by atoms with Crippen LogP contribution in [0.15, 0.2) is 6.20 Å². The molecule has 1 aromatic rings. The van der Waals surface area contributed by atoms with Crippen LogP contribution in [0, 0.1) is 6.92 Å². The first-order chi connectivity index (χ1) is 7.60. The van der Waals surface area contributed by atoms with Gasteiger partial charge in [-0.3, -0.25) is 0 Å². The van der Waals surface area contributed by atoms with Crippen LogP contribution in [0.4, 0.5) is 5.95 Å². The van der Waals surface area contributed by atoms with Gasteiger partial charge in [-0.1, -0.05) is 0 Å². The topological polar surface area (TPSA) is 69.5 Å². The summed E-state index contributed by atoms with van der Waals surface area (Å²) in [5, 5.41) is 18.0. The van der Waals surface area contributed by atoms with Gasteiger partial charge in [-0.15, -0.1) is 0 Å². The molecule has 1 rings (SSSR count). The van der Waals surface area contributed by atoms with Crippen molar-refractivity contribution in [1.29, 1.82) is 0 Å². The van der Waals surface area contributed by atoms with E-state index in [0.717, 1.165) is 11.3 Å². The van der Waals surface area contributed by atoms with Gasteiger partial charge in [-0.25, -0.2) is 9.97 Å². The number of aliphatic hydroxyl groups is 2. The number of hydrogen-bond acceptors (Lipinski definition) is 5. The molecule has 0 aliphatic rings. The van der Waals surface area contributed by atoms with Crippen LogP contribution in [0.3, 0.4) is 0 Å². The highest BCUT2D eigenvalue weighted by Crippen LogP contribution is 2.13. The van der Waals surface area contributed by atoms with E-state index in [1.807, 2.05) is 25.7 Å². The Labute approximate surface area is 95.8 Å². The summed E-state index contributed by atoms with van der Waals surface area (Å²) in [6.07, 6.45) is 1.63. The van der Waals surface area contributed by atoms with Gasteiger partial charge in [0, 0.05) is 30.0 Å². The first-order valence-electron chi connectivity index (χ1n) is 5.41. The molecule has 0 atom stereocenters. The highest BCUT2D eigenvalue weighted by atomic mass is 16.3. The van der Waals surface area contributed by atoms with Crippen LogP contribution in [0.25, 0.3) is 0 Å². The lowest BCUT2D eigenvalue weighted by Gasteiger charge is -2.26. The quantitative estimate of drug-likeness (QED) is 0.763. The van der Waals surface area contributed by atoms with Crippen molar-refractivity contribution < 1.29 is 10.2 Å².